The van der Waals surface area contributed by atoms with Crippen molar-refractivity contribution in [3.8, 4) is 23.0 Å². The van der Waals surface area contributed by atoms with Gasteiger partial charge in [0.25, 0.3) is 5.41 Å². The summed E-state index contributed by atoms with van der Waals surface area (Å²) in [4.78, 5) is 101. The smallest absolute Gasteiger partial charge is 0.336 e. The van der Waals surface area contributed by atoms with E-state index in [4.69, 9.17) is 9.47 Å². The lowest BCUT2D eigenvalue weighted by molar-refractivity contribution is -0.184. The zero-order valence-electron chi connectivity index (χ0n) is 33.7. The highest BCUT2D eigenvalue weighted by Crippen LogP contribution is 2.55. The molecular weight excluding hydrogens is 828 g/mol. The van der Waals surface area contributed by atoms with Crippen molar-refractivity contribution >= 4 is 47.8 Å². The van der Waals surface area contributed by atoms with Gasteiger partial charge in [-0.05, 0) is 78.2 Å². The number of benzene rings is 4. The third-order valence-electron chi connectivity index (χ3n) is 10.7. The molecule has 0 heterocycles. The van der Waals surface area contributed by atoms with E-state index in [1.807, 2.05) is 0 Å². The van der Waals surface area contributed by atoms with Gasteiger partial charge in [-0.1, -0.05) is 82.6 Å². The van der Waals surface area contributed by atoms with E-state index in [1.54, 1.807) is 0 Å². The normalized spacial score (nSPS) is 11.8. The van der Waals surface area contributed by atoms with E-state index in [-0.39, 0.29) is 29.4 Å². The second-order valence-electron chi connectivity index (χ2n) is 14.5. The van der Waals surface area contributed by atoms with Crippen LogP contribution in [-0.4, -0.2) is 88.6 Å². The maximum Gasteiger partial charge on any atom is 0.336 e. The fourth-order valence-electron chi connectivity index (χ4n) is 7.80. The van der Waals surface area contributed by atoms with Gasteiger partial charge in [-0.15, -0.1) is 0 Å². The lowest BCUT2D eigenvalue weighted by Crippen LogP contribution is -2.65. The molecule has 0 aliphatic heterocycles. The van der Waals surface area contributed by atoms with Crippen molar-refractivity contribution in [1.82, 2.24) is 0 Å². The molecule has 0 amide bonds. The number of hydrogen-bond acceptors (Lipinski definition) is 10. The molecule has 4 aromatic carbocycles. The minimum atomic E-state index is -3.95. The molecular formula is C45H44O18. The van der Waals surface area contributed by atoms with Gasteiger partial charge in [-0.2, -0.15) is 0 Å². The number of ether oxygens (including phenoxy) is 2. The number of hydrogen-bond donors (Lipinski definition) is 8. The van der Waals surface area contributed by atoms with Crippen molar-refractivity contribution in [3.05, 3.63) is 118 Å². The van der Waals surface area contributed by atoms with Crippen molar-refractivity contribution in [2.24, 2.45) is 11.3 Å². The Bertz CT molecular complexity index is 2230. The Morgan fingerprint density at radius 3 is 1.10 bits per heavy atom. The first-order valence-electron chi connectivity index (χ1n) is 19.5. The molecule has 0 fully saturated rings. The lowest BCUT2D eigenvalue weighted by atomic mass is 9.50. The Balaban J connectivity index is 1.96. The number of carbonyl (C=O) groups is 8. The second kappa shape index (κ2) is 20.7. The Kier molecular flexibility index (Phi) is 15.7. The van der Waals surface area contributed by atoms with Crippen LogP contribution in [0.2, 0.25) is 0 Å². The summed E-state index contributed by atoms with van der Waals surface area (Å²) in [6, 6.07) is 15.0. The molecule has 4 aromatic rings. The Morgan fingerprint density at radius 2 is 0.778 bits per heavy atom. The summed E-state index contributed by atoms with van der Waals surface area (Å²) < 4.78 is 11.5. The fourth-order valence-corrected chi connectivity index (χ4v) is 7.80. The predicted octanol–water partition coefficient (Wildman–Crippen LogP) is 7.82. The topological polar surface area (TPSA) is 317 Å². The van der Waals surface area contributed by atoms with Gasteiger partial charge >= 0.3 is 47.8 Å². The highest BCUT2D eigenvalue weighted by molar-refractivity contribution is 6.19. The highest BCUT2D eigenvalue weighted by Gasteiger charge is 2.73. The number of carboxylic acid groups (broad SMARTS) is 8. The standard InChI is InChI=1S/C45H44O18/c1-2-3-4-5-6-7-8-9-10-35(40(54)55)44(45(41(56)57,42(58)59)43(60)61,25-11-15-27(16-12-25)62-29-19-21-31(36(46)47)33(23-29)38(50)51)26-13-17-28(18-14-26)63-30-20-22-32(37(48)49)34(24-30)39(52)53/h11-24,35H,2-10H2,1H3,(H,46,47)(H,48,49)(H,50,51)(H,52,53)(H,54,55)(H,56,57)(H,58,59)(H,60,61). The van der Waals surface area contributed by atoms with Crippen LogP contribution in [0.1, 0.15) is 117 Å². The van der Waals surface area contributed by atoms with E-state index in [0.717, 1.165) is 117 Å². The van der Waals surface area contributed by atoms with Gasteiger partial charge in [0.15, 0.2) is 0 Å². The van der Waals surface area contributed by atoms with Crippen LogP contribution in [0.15, 0.2) is 84.9 Å². The molecule has 18 heteroatoms. The van der Waals surface area contributed by atoms with Crippen LogP contribution < -0.4 is 9.47 Å². The minimum absolute atomic E-state index is 0.111. The summed E-state index contributed by atoms with van der Waals surface area (Å²) in [5, 5.41) is 81.5. The van der Waals surface area contributed by atoms with Crippen molar-refractivity contribution in [2.45, 2.75) is 70.1 Å². The van der Waals surface area contributed by atoms with E-state index in [9.17, 15) is 79.2 Å². The summed E-state index contributed by atoms with van der Waals surface area (Å²) in [6.07, 6.45) is 5.52. The molecule has 0 aromatic heterocycles. The van der Waals surface area contributed by atoms with Crippen LogP contribution in [0.4, 0.5) is 0 Å². The first-order chi connectivity index (χ1) is 29.8. The Labute approximate surface area is 358 Å². The maximum atomic E-state index is 13.6. The van der Waals surface area contributed by atoms with E-state index >= 15 is 0 Å². The second-order valence-corrected chi connectivity index (χ2v) is 14.5. The van der Waals surface area contributed by atoms with Crippen LogP contribution in [-0.2, 0) is 24.6 Å². The van der Waals surface area contributed by atoms with Gasteiger partial charge < -0.3 is 50.3 Å². The Morgan fingerprint density at radius 1 is 0.444 bits per heavy atom. The molecule has 4 rings (SSSR count). The molecule has 1 unspecified atom stereocenters. The van der Waals surface area contributed by atoms with Gasteiger partial charge in [0.05, 0.1) is 33.6 Å². The van der Waals surface area contributed by atoms with Gasteiger partial charge in [0.2, 0.25) is 0 Å². The number of aliphatic carboxylic acids is 4. The van der Waals surface area contributed by atoms with Crippen molar-refractivity contribution in [2.75, 3.05) is 0 Å². The monoisotopic (exact) mass is 872 g/mol. The molecule has 332 valence electrons. The molecule has 63 heavy (non-hydrogen) atoms. The number of unbranched alkanes of at least 4 members (excludes halogenated alkanes) is 7. The van der Waals surface area contributed by atoms with Crippen LogP contribution in [0.25, 0.3) is 0 Å². The molecule has 18 nitrogen and oxygen atoms in total. The summed E-state index contributed by atoms with van der Waals surface area (Å²) in [5.74, 6) is -17.8. The third kappa shape index (κ3) is 10.1. The van der Waals surface area contributed by atoms with Crippen LogP contribution in [0.5, 0.6) is 23.0 Å². The van der Waals surface area contributed by atoms with E-state index < -0.39 is 104 Å². The van der Waals surface area contributed by atoms with Crippen molar-refractivity contribution in [3.63, 3.8) is 0 Å². The summed E-state index contributed by atoms with van der Waals surface area (Å²) in [6.45, 7) is 2.06. The van der Waals surface area contributed by atoms with Gasteiger partial charge in [-0.3, -0.25) is 19.2 Å². The van der Waals surface area contributed by atoms with Gasteiger partial charge in [0, 0.05) is 0 Å². The average molecular weight is 873 g/mol. The maximum absolute atomic E-state index is 13.6. The van der Waals surface area contributed by atoms with Gasteiger partial charge in [-0.25, -0.2) is 19.2 Å². The van der Waals surface area contributed by atoms with E-state index in [2.05, 4.69) is 6.92 Å². The molecule has 0 radical (unpaired) electrons. The number of rotatable bonds is 25. The SMILES string of the molecule is CCCCCCCCCCC(C(=O)O)C(c1ccc(Oc2ccc(C(=O)O)c(C(=O)O)c2)cc1)(c1ccc(Oc2ccc(C(=O)O)c(C(=O)O)c2)cc1)C(C(=O)O)(C(=O)O)C(=O)O. The molecule has 0 bridgehead atoms. The summed E-state index contributed by atoms with van der Waals surface area (Å²) >= 11 is 0. The fraction of sp³-hybridized carbons (Fsp3) is 0.289. The molecule has 8 N–H and O–H groups in total. The third-order valence-corrected chi connectivity index (χ3v) is 10.7. The molecule has 0 saturated carbocycles. The summed E-state index contributed by atoms with van der Waals surface area (Å²) in [7, 11) is 0. The number of carboxylic acids is 8. The Hall–Kier alpha value is -7.76. The average Bonchev–Trinajstić information content (AvgIpc) is 3.22. The molecule has 0 spiro atoms. The van der Waals surface area contributed by atoms with Crippen LogP contribution in [0.3, 0.4) is 0 Å². The van der Waals surface area contributed by atoms with Crippen molar-refractivity contribution < 1.29 is 88.7 Å². The van der Waals surface area contributed by atoms with E-state index in [0.29, 0.717) is 12.8 Å². The van der Waals surface area contributed by atoms with E-state index in [1.165, 1.54) is 0 Å². The molecule has 0 saturated heterocycles. The molecule has 1 atom stereocenters. The first-order valence-corrected chi connectivity index (χ1v) is 19.5. The quantitative estimate of drug-likeness (QED) is 0.0232. The zero-order chi connectivity index (χ0) is 46.6. The molecule has 0 aliphatic carbocycles. The van der Waals surface area contributed by atoms with Crippen LogP contribution in [0, 0.1) is 11.3 Å². The predicted molar refractivity (Wildman–Crippen MR) is 218 cm³/mol. The minimum Gasteiger partial charge on any atom is -0.481 e. The highest BCUT2D eigenvalue weighted by atomic mass is 16.5. The van der Waals surface area contributed by atoms with Crippen LogP contribution >= 0.6 is 0 Å². The largest absolute Gasteiger partial charge is 0.481 e. The summed E-state index contributed by atoms with van der Waals surface area (Å²) in [5.41, 5.74) is -10.1. The lowest BCUT2D eigenvalue weighted by Gasteiger charge is -2.47. The van der Waals surface area contributed by atoms with Gasteiger partial charge in [0.1, 0.15) is 23.0 Å². The zero-order valence-corrected chi connectivity index (χ0v) is 33.7. The number of aromatic carboxylic acids is 4. The molecule has 0 aliphatic rings. The first kappa shape index (κ1) is 47.9. The van der Waals surface area contributed by atoms with Crippen molar-refractivity contribution in [1.29, 1.82) is 0 Å².